The number of hydrogen-bond acceptors (Lipinski definition) is 11. The van der Waals surface area contributed by atoms with Crippen LogP contribution in [0.5, 0.6) is 17.2 Å². The Morgan fingerprint density at radius 1 is 1.07 bits per heavy atom. The molecular weight excluding hydrogens is 622 g/mol. The molecule has 0 aliphatic carbocycles. The maximum Gasteiger partial charge on any atom is 0.289 e. The second-order valence-corrected chi connectivity index (χ2v) is 11.7. The number of hydrazone groups is 1. The number of para-hydroxylation sites is 1. The van der Waals surface area contributed by atoms with Crippen LogP contribution in [-0.2, 0) is 24.3 Å². The molecular formula is C30H33N5O10S. The highest BCUT2D eigenvalue weighted by Gasteiger charge is 2.34. The summed E-state index contributed by atoms with van der Waals surface area (Å²) in [6.07, 6.45) is 3.25. The van der Waals surface area contributed by atoms with E-state index in [0.717, 1.165) is 25.0 Å². The fourth-order valence-electron chi connectivity index (χ4n) is 4.46. The molecule has 0 unspecified atom stereocenters. The number of nitro groups is 1. The van der Waals surface area contributed by atoms with Crippen LogP contribution in [0.25, 0.3) is 0 Å². The molecule has 3 aromatic carbocycles. The van der Waals surface area contributed by atoms with E-state index in [0.29, 0.717) is 34.5 Å². The molecule has 1 aliphatic rings. The average molecular weight is 656 g/mol. The number of carbonyl (C=O) groups is 2. The SMILES string of the molecule is COc1ccc(N(CC(=O)N/N=C\c2ccc(OCC(=O)NC[C@@H]3CCCO3)cc2)S(=O)(=O)c2ccccc2[N+](=O)[O-])c(OC)c1. The van der Waals surface area contributed by atoms with Crippen LogP contribution < -0.4 is 29.3 Å². The fraction of sp³-hybridized carbons (Fsp3) is 0.300. The minimum absolute atomic E-state index is 0.0334. The van der Waals surface area contributed by atoms with Gasteiger partial charge < -0.3 is 24.3 Å². The fourth-order valence-corrected chi connectivity index (χ4v) is 6.05. The van der Waals surface area contributed by atoms with Gasteiger partial charge in [0.2, 0.25) is 0 Å². The predicted molar refractivity (Wildman–Crippen MR) is 167 cm³/mol. The molecule has 2 N–H and O–H groups in total. The highest BCUT2D eigenvalue weighted by molar-refractivity contribution is 7.93. The third kappa shape index (κ3) is 8.70. The molecule has 2 amide bonds. The van der Waals surface area contributed by atoms with Crippen molar-refractivity contribution in [3.63, 3.8) is 0 Å². The Morgan fingerprint density at radius 3 is 2.48 bits per heavy atom. The van der Waals surface area contributed by atoms with E-state index >= 15 is 0 Å². The van der Waals surface area contributed by atoms with Crippen molar-refractivity contribution >= 4 is 39.4 Å². The van der Waals surface area contributed by atoms with E-state index in [1.54, 1.807) is 24.3 Å². The molecule has 1 aliphatic heterocycles. The van der Waals surface area contributed by atoms with Gasteiger partial charge >= 0.3 is 0 Å². The standard InChI is InChI=1S/C30H33N5O10S/c1-42-23-13-14-25(27(16-23)43-2)34(46(40,41)28-8-4-3-7-26(28)35(38)39)19-29(36)33-32-17-21-9-11-22(12-10-21)45-20-30(37)31-18-24-6-5-15-44-24/h3-4,7-14,16-17,24H,5-6,15,18-20H2,1-2H3,(H,31,37)(H,33,36)/b32-17-/t24-/m0/s1. The van der Waals surface area contributed by atoms with Crippen LogP contribution in [0.2, 0.25) is 0 Å². The summed E-state index contributed by atoms with van der Waals surface area (Å²) in [7, 11) is -1.96. The van der Waals surface area contributed by atoms with Crippen LogP contribution in [0.1, 0.15) is 18.4 Å². The van der Waals surface area contributed by atoms with Gasteiger partial charge in [0, 0.05) is 25.3 Å². The van der Waals surface area contributed by atoms with Gasteiger partial charge in [-0.2, -0.15) is 5.10 Å². The lowest BCUT2D eigenvalue weighted by Gasteiger charge is -2.25. The number of carbonyl (C=O) groups excluding carboxylic acids is 2. The van der Waals surface area contributed by atoms with E-state index in [1.807, 2.05) is 0 Å². The molecule has 15 nitrogen and oxygen atoms in total. The Morgan fingerprint density at radius 2 is 1.80 bits per heavy atom. The van der Waals surface area contributed by atoms with Crippen LogP contribution in [0, 0.1) is 10.1 Å². The number of ether oxygens (including phenoxy) is 4. The first kappa shape index (κ1) is 33.7. The monoisotopic (exact) mass is 655 g/mol. The lowest BCUT2D eigenvalue weighted by atomic mass is 10.2. The topological polar surface area (TPSA) is 188 Å². The molecule has 1 fully saturated rings. The van der Waals surface area contributed by atoms with Gasteiger partial charge in [0.15, 0.2) is 11.5 Å². The summed E-state index contributed by atoms with van der Waals surface area (Å²) in [6, 6.07) is 15.6. The normalized spacial score (nSPS) is 14.4. The molecule has 0 bridgehead atoms. The van der Waals surface area contributed by atoms with Crippen molar-refractivity contribution in [1.29, 1.82) is 0 Å². The van der Waals surface area contributed by atoms with Crippen LogP contribution in [0.4, 0.5) is 11.4 Å². The van der Waals surface area contributed by atoms with Gasteiger partial charge in [-0.15, -0.1) is 0 Å². The third-order valence-corrected chi connectivity index (χ3v) is 8.58. The van der Waals surface area contributed by atoms with Crippen LogP contribution in [-0.4, -0.2) is 78.0 Å². The first-order valence-corrected chi connectivity index (χ1v) is 15.5. The van der Waals surface area contributed by atoms with E-state index in [4.69, 9.17) is 18.9 Å². The molecule has 244 valence electrons. The van der Waals surface area contributed by atoms with Crippen LogP contribution in [0.3, 0.4) is 0 Å². The van der Waals surface area contributed by atoms with Gasteiger partial charge in [0.1, 0.15) is 23.8 Å². The molecule has 46 heavy (non-hydrogen) atoms. The Kier molecular flexibility index (Phi) is 11.5. The zero-order chi connectivity index (χ0) is 33.1. The highest BCUT2D eigenvalue weighted by atomic mass is 32.2. The molecule has 16 heteroatoms. The number of nitrogens with zero attached hydrogens (tertiary/aromatic N) is 3. The second-order valence-electron chi connectivity index (χ2n) is 9.86. The van der Waals surface area contributed by atoms with Crippen molar-refractivity contribution in [3.8, 4) is 17.2 Å². The van der Waals surface area contributed by atoms with Crippen molar-refractivity contribution in [2.75, 3.05) is 44.8 Å². The van der Waals surface area contributed by atoms with Crippen molar-refractivity contribution in [2.45, 2.75) is 23.8 Å². The summed E-state index contributed by atoms with van der Waals surface area (Å²) in [5, 5.41) is 18.3. The van der Waals surface area contributed by atoms with Crippen LogP contribution in [0.15, 0.2) is 76.7 Å². The molecule has 0 spiro atoms. The predicted octanol–water partition coefficient (Wildman–Crippen LogP) is 2.63. The largest absolute Gasteiger partial charge is 0.497 e. The van der Waals surface area contributed by atoms with Crippen molar-refractivity contribution in [3.05, 3.63) is 82.4 Å². The molecule has 1 saturated heterocycles. The summed E-state index contributed by atoms with van der Waals surface area (Å²) < 4.78 is 49.8. The Labute approximate surface area is 265 Å². The Hall–Kier alpha value is -5.22. The number of methoxy groups -OCH3 is 2. The molecule has 1 atom stereocenters. The molecule has 0 radical (unpaired) electrons. The first-order valence-electron chi connectivity index (χ1n) is 14.0. The van der Waals surface area contributed by atoms with E-state index < -0.39 is 38.0 Å². The lowest BCUT2D eigenvalue weighted by Crippen LogP contribution is -2.40. The number of amides is 2. The van der Waals surface area contributed by atoms with Crippen molar-refractivity contribution in [2.24, 2.45) is 5.10 Å². The maximum atomic E-state index is 13.8. The molecule has 0 aromatic heterocycles. The van der Waals surface area contributed by atoms with Crippen molar-refractivity contribution < 1.29 is 41.9 Å². The lowest BCUT2D eigenvalue weighted by molar-refractivity contribution is -0.387. The third-order valence-electron chi connectivity index (χ3n) is 6.78. The molecule has 4 rings (SSSR count). The minimum Gasteiger partial charge on any atom is -0.497 e. The molecule has 3 aromatic rings. The minimum atomic E-state index is -4.67. The number of anilines is 1. The van der Waals surface area contributed by atoms with Gasteiger partial charge in [-0.25, -0.2) is 13.8 Å². The number of nitrogens with one attached hydrogen (secondary N) is 2. The summed E-state index contributed by atoms with van der Waals surface area (Å²) in [5.74, 6) is -0.274. The van der Waals surface area contributed by atoms with E-state index in [2.05, 4.69) is 15.8 Å². The second kappa shape index (κ2) is 15.7. The van der Waals surface area contributed by atoms with Gasteiger partial charge in [-0.1, -0.05) is 12.1 Å². The van der Waals surface area contributed by atoms with E-state index in [-0.39, 0.29) is 30.1 Å². The van der Waals surface area contributed by atoms with Gasteiger partial charge in [-0.3, -0.25) is 24.0 Å². The number of rotatable bonds is 15. The summed E-state index contributed by atoms with van der Waals surface area (Å²) in [5.41, 5.74) is 2.12. The number of benzene rings is 3. The van der Waals surface area contributed by atoms with Crippen molar-refractivity contribution in [1.82, 2.24) is 10.7 Å². The van der Waals surface area contributed by atoms with Gasteiger partial charge in [0.05, 0.1) is 37.1 Å². The zero-order valence-electron chi connectivity index (χ0n) is 25.1. The Balaban J connectivity index is 1.43. The van der Waals surface area contributed by atoms with Gasteiger partial charge in [0.25, 0.3) is 27.5 Å². The number of hydrogen-bond donors (Lipinski definition) is 2. The number of nitro benzene ring substituents is 1. The summed E-state index contributed by atoms with van der Waals surface area (Å²) in [6.45, 7) is 0.181. The number of sulfonamides is 1. The average Bonchev–Trinajstić information content (AvgIpc) is 3.59. The van der Waals surface area contributed by atoms with E-state index in [1.165, 1.54) is 50.8 Å². The quantitative estimate of drug-likeness (QED) is 0.140. The maximum absolute atomic E-state index is 13.8. The van der Waals surface area contributed by atoms with Gasteiger partial charge in [-0.05, 0) is 60.9 Å². The first-order chi connectivity index (χ1) is 22.1. The Bertz CT molecular complexity index is 1680. The summed E-state index contributed by atoms with van der Waals surface area (Å²) >= 11 is 0. The smallest absolute Gasteiger partial charge is 0.289 e. The molecule has 0 saturated carbocycles. The summed E-state index contributed by atoms with van der Waals surface area (Å²) in [4.78, 5) is 35.2. The van der Waals surface area contributed by atoms with E-state index in [9.17, 15) is 28.1 Å². The van der Waals surface area contributed by atoms with Crippen LogP contribution >= 0.6 is 0 Å². The zero-order valence-corrected chi connectivity index (χ0v) is 25.9. The highest BCUT2D eigenvalue weighted by Crippen LogP contribution is 2.37. The molecule has 1 heterocycles.